The normalized spacial score (nSPS) is 12.9. The Bertz CT molecular complexity index is 155. The fourth-order valence-electron chi connectivity index (χ4n) is 1.34. The molecule has 0 saturated heterocycles. The van der Waals surface area contributed by atoms with Gasteiger partial charge in [0.25, 0.3) is 0 Å². The van der Waals surface area contributed by atoms with Crippen LogP contribution in [0.25, 0.3) is 0 Å². The van der Waals surface area contributed by atoms with Crippen molar-refractivity contribution in [2.45, 2.75) is 33.6 Å². The van der Waals surface area contributed by atoms with Crippen molar-refractivity contribution in [2.24, 2.45) is 11.8 Å². The summed E-state index contributed by atoms with van der Waals surface area (Å²) in [5.41, 5.74) is 0. The molecular formula is C11H22O3. The molecule has 0 aliphatic heterocycles. The van der Waals surface area contributed by atoms with E-state index in [1.54, 1.807) is 7.11 Å². The van der Waals surface area contributed by atoms with Gasteiger partial charge in [0.15, 0.2) is 0 Å². The summed E-state index contributed by atoms with van der Waals surface area (Å²) in [6.45, 7) is 7.09. The Morgan fingerprint density at radius 2 is 1.93 bits per heavy atom. The first-order chi connectivity index (χ1) is 6.61. The number of rotatable bonds is 7. The van der Waals surface area contributed by atoms with Gasteiger partial charge in [-0.05, 0) is 18.8 Å². The smallest absolute Gasteiger partial charge is 0.309 e. The van der Waals surface area contributed by atoms with Gasteiger partial charge in [-0.3, -0.25) is 4.79 Å². The van der Waals surface area contributed by atoms with Crippen molar-refractivity contribution in [2.75, 3.05) is 20.3 Å². The van der Waals surface area contributed by atoms with E-state index in [-0.39, 0.29) is 11.9 Å². The van der Waals surface area contributed by atoms with E-state index in [2.05, 4.69) is 13.8 Å². The van der Waals surface area contributed by atoms with Gasteiger partial charge >= 0.3 is 5.97 Å². The van der Waals surface area contributed by atoms with Crippen LogP contribution in [0.15, 0.2) is 0 Å². The van der Waals surface area contributed by atoms with E-state index in [0.29, 0.717) is 19.1 Å². The molecule has 0 heterocycles. The number of hydrogen-bond acceptors (Lipinski definition) is 3. The summed E-state index contributed by atoms with van der Waals surface area (Å²) < 4.78 is 9.88. The molecule has 0 aromatic rings. The Morgan fingerprint density at radius 3 is 2.36 bits per heavy atom. The van der Waals surface area contributed by atoms with Crippen LogP contribution in [-0.2, 0) is 14.3 Å². The van der Waals surface area contributed by atoms with Crippen LogP contribution in [-0.4, -0.2) is 26.3 Å². The Labute approximate surface area is 86.8 Å². The third-order valence-corrected chi connectivity index (χ3v) is 2.11. The van der Waals surface area contributed by atoms with Crippen LogP contribution in [0, 0.1) is 11.8 Å². The van der Waals surface area contributed by atoms with Crippen molar-refractivity contribution < 1.29 is 14.3 Å². The molecule has 3 nitrogen and oxygen atoms in total. The summed E-state index contributed by atoms with van der Waals surface area (Å²) in [6, 6.07) is 0. The number of hydrogen-bond donors (Lipinski definition) is 0. The highest BCUT2D eigenvalue weighted by molar-refractivity contribution is 5.72. The molecule has 1 atom stereocenters. The highest BCUT2D eigenvalue weighted by atomic mass is 16.6. The predicted molar refractivity (Wildman–Crippen MR) is 56.1 cm³/mol. The fraction of sp³-hybridized carbons (Fsp3) is 0.909. The summed E-state index contributed by atoms with van der Waals surface area (Å²) in [5.74, 6) is 0.500. The zero-order valence-corrected chi connectivity index (χ0v) is 9.71. The van der Waals surface area contributed by atoms with Crippen molar-refractivity contribution in [1.29, 1.82) is 0 Å². The van der Waals surface area contributed by atoms with Crippen LogP contribution in [0.3, 0.4) is 0 Å². The first-order valence-electron chi connectivity index (χ1n) is 5.27. The zero-order chi connectivity index (χ0) is 11.0. The molecular weight excluding hydrogens is 180 g/mol. The molecule has 14 heavy (non-hydrogen) atoms. The molecule has 0 spiro atoms. The lowest BCUT2D eigenvalue weighted by atomic mass is 9.95. The first kappa shape index (κ1) is 13.4. The average molecular weight is 202 g/mol. The molecule has 0 rings (SSSR count). The highest BCUT2D eigenvalue weighted by Gasteiger charge is 2.18. The van der Waals surface area contributed by atoms with E-state index >= 15 is 0 Å². The molecule has 0 N–H and O–H groups in total. The van der Waals surface area contributed by atoms with Crippen LogP contribution >= 0.6 is 0 Å². The number of esters is 1. The molecule has 0 radical (unpaired) electrons. The maximum Gasteiger partial charge on any atom is 0.309 e. The summed E-state index contributed by atoms with van der Waals surface area (Å²) in [7, 11) is 1.60. The summed E-state index contributed by atoms with van der Waals surface area (Å²) in [5, 5.41) is 0. The van der Waals surface area contributed by atoms with Crippen LogP contribution in [0.1, 0.15) is 33.6 Å². The Balaban J connectivity index is 3.79. The molecule has 84 valence electrons. The van der Waals surface area contributed by atoms with Gasteiger partial charge in [-0.15, -0.1) is 0 Å². The van der Waals surface area contributed by atoms with Gasteiger partial charge in [0.2, 0.25) is 0 Å². The maximum absolute atomic E-state index is 11.5. The van der Waals surface area contributed by atoms with E-state index in [9.17, 15) is 4.79 Å². The van der Waals surface area contributed by atoms with Crippen molar-refractivity contribution >= 4 is 5.97 Å². The fourth-order valence-corrected chi connectivity index (χ4v) is 1.34. The van der Waals surface area contributed by atoms with E-state index < -0.39 is 0 Å². The largest absolute Gasteiger partial charge is 0.463 e. The molecule has 0 aromatic heterocycles. The zero-order valence-electron chi connectivity index (χ0n) is 9.71. The highest BCUT2D eigenvalue weighted by Crippen LogP contribution is 2.16. The number of ether oxygens (including phenoxy) is 2. The molecule has 0 amide bonds. The van der Waals surface area contributed by atoms with Gasteiger partial charge in [0.05, 0.1) is 12.5 Å². The van der Waals surface area contributed by atoms with E-state index in [1.165, 1.54) is 0 Å². The van der Waals surface area contributed by atoms with Gasteiger partial charge in [-0.2, -0.15) is 0 Å². The van der Waals surface area contributed by atoms with Gasteiger partial charge < -0.3 is 9.47 Å². The van der Waals surface area contributed by atoms with E-state index in [0.717, 1.165) is 12.8 Å². The lowest BCUT2D eigenvalue weighted by molar-refractivity contribution is -0.150. The van der Waals surface area contributed by atoms with Crippen LogP contribution in [0.5, 0.6) is 0 Å². The van der Waals surface area contributed by atoms with Crippen molar-refractivity contribution in [3.63, 3.8) is 0 Å². The second-order valence-corrected chi connectivity index (χ2v) is 3.90. The summed E-state index contributed by atoms with van der Waals surface area (Å²) >= 11 is 0. The molecule has 0 aliphatic rings. The van der Waals surface area contributed by atoms with E-state index in [4.69, 9.17) is 9.47 Å². The second kappa shape index (κ2) is 7.80. The topological polar surface area (TPSA) is 35.5 Å². The molecule has 3 heteroatoms. The van der Waals surface area contributed by atoms with Crippen molar-refractivity contribution in [3.05, 3.63) is 0 Å². The number of methoxy groups -OCH3 is 1. The Hall–Kier alpha value is -0.570. The molecule has 0 bridgehead atoms. The third-order valence-electron chi connectivity index (χ3n) is 2.11. The number of carbonyl (C=O) groups is 1. The van der Waals surface area contributed by atoms with Gasteiger partial charge in [0, 0.05) is 7.11 Å². The van der Waals surface area contributed by atoms with Gasteiger partial charge in [-0.25, -0.2) is 0 Å². The summed E-state index contributed by atoms with van der Waals surface area (Å²) in [6.07, 6.45) is 1.76. The van der Waals surface area contributed by atoms with Crippen molar-refractivity contribution in [1.82, 2.24) is 0 Å². The Morgan fingerprint density at radius 1 is 1.29 bits per heavy atom. The number of carbonyl (C=O) groups excluding carboxylic acids is 1. The lowest BCUT2D eigenvalue weighted by Gasteiger charge is -2.15. The standard InChI is InChI=1S/C11H22O3/c1-5-10(8-9(2)3)11(12)14-7-6-13-4/h9-10H,5-8H2,1-4H3. The third kappa shape index (κ3) is 5.97. The quantitative estimate of drug-likeness (QED) is 0.469. The molecule has 1 unspecified atom stereocenters. The first-order valence-corrected chi connectivity index (χ1v) is 5.27. The molecule has 0 aliphatic carbocycles. The van der Waals surface area contributed by atoms with Gasteiger partial charge in [0.1, 0.15) is 6.61 Å². The molecule has 0 saturated carbocycles. The lowest BCUT2D eigenvalue weighted by Crippen LogP contribution is -2.20. The monoisotopic (exact) mass is 202 g/mol. The van der Waals surface area contributed by atoms with Gasteiger partial charge in [-0.1, -0.05) is 20.8 Å². The minimum atomic E-state index is -0.0850. The van der Waals surface area contributed by atoms with Crippen LogP contribution in [0.2, 0.25) is 0 Å². The Kier molecular flexibility index (Phi) is 7.48. The van der Waals surface area contributed by atoms with Crippen LogP contribution < -0.4 is 0 Å². The molecule has 0 fully saturated rings. The SMILES string of the molecule is CCC(CC(C)C)C(=O)OCCOC. The minimum Gasteiger partial charge on any atom is -0.463 e. The van der Waals surface area contributed by atoms with E-state index in [1.807, 2.05) is 6.92 Å². The maximum atomic E-state index is 11.5. The predicted octanol–water partition coefficient (Wildman–Crippen LogP) is 2.25. The van der Waals surface area contributed by atoms with Crippen molar-refractivity contribution in [3.8, 4) is 0 Å². The van der Waals surface area contributed by atoms with Crippen LogP contribution in [0.4, 0.5) is 0 Å². The minimum absolute atomic E-state index is 0.0480. The average Bonchev–Trinajstić information content (AvgIpc) is 2.14. The summed E-state index contributed by atoms with van der Waals surface area (Å²) in [4.78, 5) is 11.5. The second-order valence-electron chi connectivity index (χ2n) is 3.90. The molecule has 0 aromatic carbocycles.